The number of carbonyl (C=O) groups excluding carboxylic acids is 1. The Labute approximate surface area is 149 Å². The molecule has 0 radical (unpaired) electrons. The maximum Gasteiger partial charge on any atom is 0.225 e. The molecule has 1 atom stereocenters. The smallest absolute Gasteiger partial charge is 0.225 e. The lowest BCUT2D eigenvalue weighted by Gasteiger charge is -2.34. The summed E-state index contributed by atoms with van der Waals surface area (Å²) in [6.45, 7) is 8.81. The van der Waals surface area contributed by atoms with Gasteiger partial charge in [0.25, 0.3) is 0 Å². The molecule has 1 N–H and O–H groups in total. The lowest BCUT2D eigenvalue weighted by molar-refractivity contribution is -0.124. The van der Waals surface area contributed by atoms with E-state index >= 15 is 0 Å². The van der Waals surface area contributed by atoms with Crippen LogP contribution in [-0.2, 0) is 9.53 Å². The summed E-state index contributed by atoms with van der Waals surface area (Å²) in [5.74, 6) is 0.744. The highest BCUT2D eigenvalue weighted by atomic mass is 16.5. The van der Waals surface area contributed by atoms with Gasteiger partial charge in [0.1, 0.15) is 0 Å². The fourth-order valence-corrected chi connectivity index (χ4v) is 3.82. The molecule has 1 amide bonds. The second-order valence-corrected chi connectivity index (χ2v) is 7.05. The van der Waals surface area contributed by atoms with E-state index in [-0.39, 0.29) is 11.8 Å². The first-order valence-corrected chi connectivity index (χ1v) is 9.17. The lowest BCUT2D eigenvalue weighted by Crippen LogP contribution is -2.45. The Balaban J connectivity index is 1.80. The Morgan fingerprint density at radius 3 is 2.48 bits per heavy atom. The average Bonchev–Trinajstić information content (AvgIpc) is 2.84. The molecule has 0 spiro atoms. The third-order valence-electron chi connectivity index (χ3n) is 5.13. The third-order valence-corrected chi connectivity index (χ3v) is 5.13. The molecule has 0 unspecified atom stereocenters. The molecule has 7 heteroatoms. The summed E-state index contributed by atoms with van der Waals surface area (Å²) in [6, 6.07) is 2.48. The molecule has 2 saturated heterocycles. The molecule has 3 rings (SSSR count). The molecule has 138 valence electrons. The Bertz CT molecular complexity index is 583. The molecule has 0 bridgehead atoms. The van der Waals surface area contributed by atoms with Gasteiger partial charge in [-0.2, -0.15) is 0 Å². The van der Waals surface area contributed by atoms with E-state index < -0.39 is 0 Å². The predicted molar refractivity (Wildman–Crippen MR) is 96.7 cm³/mol. The summed E-state index contributed by atoms with van der Waals surface area (Å²) in [6.07, 6.45) is 2.08. The van der Waals surface area contributed by atoms with E-state index in [4.69, 9.17) is 4.74 Å². The molecule has 2 aliphatic rings. The molecule has 0 aliphatic carbocycles. The lowest BCUT2D eigenvalue weighted by atomic mass is 10.0. The summed E-state index contributed by atoms with van der Waals surface area (Å²) >= 11 is 0. The summed E-state index contributed by atoms with van der Waals surface area (Å²) < 4.78 is 5.50. The molecule has 0 saturated carbocycles. The molecule has 2 aliphatic heterocycles. The number of hydrogen-bond donors (Lipinski definition) is 1. The predicted octanol–water partition coefficient (Wildman–Crippen LogP) is 0.757. The normalized spacial score (nSPS) is 23.3. The molecule has 25 heavy (non-hydrogen) atoms. The van der Waals surface area contributed by atoms with Gasteiger partial charge in [0.15, 0.2) is 0 Å². The topological polar surface area (TPSA) is 70.6 Å². The molecule has 1 aromatic heterocycles. The van der Waals surface area contributed by atoms with Crippen LogP contribution in [0.1, 0.15) is 24.2 Å². The van der Waals surface area contributed by atoms with E-state index in [1.54, 1.807) is 7.05 Å². The second kappa shape index (κ2) is 8.10. The van der Waals surface area contributed by atoms with Crippen LogP contribution in [0.15, 0.2) is 6.07 Å². The highest BCUT2D eigenvalue weighted by molar-refractivity contribution is 5.79. The number of nitrogens with one attached hydrogen (secondary N) is 1. The zero-order valence-electron chi connectivity index (χ0n) is 15.5. The van der Waals surface area contributed by atoms with Crippen LogP contribution >= 0.6 is 0 Å². The molecule has 2 fully saturated rings. The van der Waals surface area contributed by atoms with Gasteiger partial charge in [0, 0.05) is 63.9 Å². The van der Waals surface area contributed by atoms with Crippen LogP contribution < -0.4 is 10.2 Å². The Kier molecular flexibility index (Phi) is 5.86. The molecular formula is C18H29N5O2. The summed E-state index contributed by atoms with van der Waals surface area (Å²) in [5, 5.41) is 2.82. The van der Waals surface area contributed by atoms with Crippen LogP contribution in [0.2, 0.25) is 0 Å². The van der Waals surface area contributed by atoms with E-state index in [2.05, 4.69) is 25.1 Å². The minimum Gasteiger partial charge on any atom is -0.381 e. The standard InChI is InChI=1S/C18H29N5O2/c1-13-10-14(2)21-18(20-13)23-7-6-22(16-4-8-25-9-5-16)11-15(12-23)17(24)19-3/h10,15-16H,4-9,11-12H2,1-3H3,(H,19,24)/t15-/m0/s1. The van der Waals surface area contributed by atoms with E-state index in [1.165, 1.54) is 0 Å². The average molecular weight is 347 g/mol. The van der Waals surface area contributed by atoms with Gasteiger partial charge < -0.3 is 15.0 Å². The number of amides is 1. The maximum atomic E-state index is 12.4. The number of rotatable bonds is 3. The number of anilines is 1. The van der Waals surface area contributed by atoms with Crippen molar-refractivity contribution in [3.63, 3.8) is 0 Å². The van der Waals surface area contributed by atoms with Gasteiger partial charge >= 0.3 is 0 Å². The van der Waals surface area contributed by atoms with E-state index in [0.717, 1.165) is 63.0 Å². The van der Waals surface area contributed by atoms with Crippen molar-refractivity contribution < 1.29 is 9.53 Å². The highest BCUT2D eigenvalue weighted by Gasteiger charge is 2.32. The maximum absolute atomic E-state index is 12.4. The fourth-order valence-electron chi connectivity index (χ4n) is 3.82. The van der Waals surface area contributed by atoms with Crippen molar-refractivity contribution in [1.29, 1.82) is 0 Å². The van der Waals surface area contributed by atoms with Gasteiger partial charge in [-0.3, -0.25) is 9.69 Å². The SMILES string of the molecule is CNC(=O)[C@@H]1CN(c2nc(C)cc(C)n2)CCN(C2CCOCC2)C1. The molecule has 0 aromatic carbocycles. The van der Waals surface area contributed by atoms with E-state index in [1.807, 2.05) is 19.9 Å². The Morgan fingerprint density at radius 1 is 1.16 bits per heavy atom. The van der Waals surface area contributed by atoms with Crippen LogP contribution in [0.3, 0.4) is 0 Å². The Hall–Kier alpha value is -1.73. The molecule has 1 aromatic rings. The number of carbonyl (C=O) groups is 1. The van der Waals surface area contributed by atoms with Crippen LogP contribution in [-0.4, -0.2) is 73.3 Å². The molecule has 3 heterocycles. The number of aryl methyl sites for hydroxylation is 2. The third kappa shape index (κ3) is 4.46. The van der Waals surface area contributed by atoms with Crippen LogP contribution in [0.4, 0.5) is 5.95 Å². The monoisotopic (exact) mass is 347 g/mol. The first-order valence-electron chi connectivity index (χ1n) is 9.17. The molecular weight excluding hydrogens is 318 g/mol. The van der Waals surface area contributed by atoms with E-state index in [9.17, 15) is 4.79 Å². The quantitative estimate of drug-likeness (QED) is 0.870. The first kappa shape index (κ1) is 18.1. The number of aromatic nitrogens is 2. The van der Waals surface area contributed by atoms with Crippen molar-refractivity contribution in [3.05, 3.63) is 17.5 Å². The first-order chi connectivity index (χ1) is 12.1. The van der Waals surface area contributed by atoms with Crippen molar-refractivity contribution in [3.8, 4) is 0 Å². The van der Waals surface area contributed by atoms with Crippen molar-refractivity contribution in [2.45, 2.75) is 32.7 Å². The van der Waals surface area contributed by atoms with Gasteiger partial charge in [-0.15, -0.1) is 0 Å². The number of nitrogens with zero attached hydrogens (tertiary/aromatic N) is 4. The zero-order valence-corrected chi connectivity index (χ0v) is 15.5. The number of hydrogen-bond acceptors (Lipinski definition) is 6. The van der Waals surface area contributed by atoms with Crippen molar-refractivity contribution in [2.75, 3.05) is 51.3 Å². The summed E-state index contributed by atoms with van der Waals surface area (Å²) in [4.78, 5) is 26.3. The minimum absolute atomic E-state index is 0.0836. The van der Waals surface area contributed by atoms with Gasteiger partial charge in [-0.25, -0.2) is 9.97 Å². The van der Waals surface area contributed by atoms with Crippen LogP contribution in [0, 0.1) is 19.8 Å². The van der Waals surface area contributed by atoms with Gasteiger partial charge in [0.2, 0.25) is 11.9 Å². The van der Waals surface area contributed by atoms with Crippen LogP contribution in [0.25, 0.3) is 0 Å². The summed E-state index contributed by atoms with van der Waals surface area (Å²) in [5.41, 5.74) is 1.93. The van der Waals surface area contributed by atoms with E-state index in [0.29, 0.717) is 12.6 Å². The minimum atomic E-state index is -0.0836. The van der Waals surface area contributed by atoms with Crippen molar-refractivity contribution in [1.82, 2.24) is 20.2 Å². The summed E-state index contributed by atoms with van der Waals surface area (Å²) in [7, 11) is 1.71. The second-order valence-electron chi connectivity index (χ2n) is 7.05. The molecule has 7 nitrogen and oxygen atoms in total. The zero-order chi connectivity index (χ0) is 17.8. The van der Waals surface area contributed by atoms with Crippen molar-refractivity contribution >= 4 is 11.9 Å². The highest BCUT2D eigenvalue weighted by Crippen LogP contribution is 2.21. The van der Waals surface area contributed by atoms with Gasteiger partial charge in [-0.05, 0) is 32.8 Å². The van der Waals surface area contributed by atoms with Crippen LogP contribution in [0.5, 0.6) is 0 Å². The largest absolute Gasteiger partial charge is 0.381 e. The van der Waals surface area contributed by atoms with Crippen molar-refractivity contribution in [2.24, 2.45) is 5.92 Å². The number of ether oxygens (including phenoxy) is 1. The fraction of sp³-hybridized carbons (Fsp3) is 0.722. The Morgan fingerprint density at radius 2 is 1.84 bits per heavy atom. The van der Waals surface area contributed by atoms with Gasteiger partial charge in [-0.1, -0.05) is 0 Å². The van der Waals surface area contributed by atoms with Gasteiger partial charge in [0.05, 0.1) is 5.92 Å².